The molecular formula is C8H11N3O2. The summed E-state index contributed by atoms with van der Waals surface area (Å²) in [7, 11) is 0. The quantitative estimate of drug-likeness (QED) is 0.484. The molecule has 1 atom stereocenters. The molecule has 1 fully saturated rings. The first-order valence-corrected chi connectivity index (χ1v) is 4.06. The number of rotatable bonds is 2. The van der Waals surface area contributed by atoms with E-state index in [0.717, 1.165) is 4.90 Å². The topological polar surface area (TPSA) is 73.2 Å². The smallest absolute Gasteiger partial charge is 0.325 e. The molecule has 70 valence electrons. The molecule has 1 heterocycles. The predicted molar refractivity (Wildman–Crippen MR) is 44.5 cm³/mol. The third-order valence-electron chi connectivity index (χ3n) is 1.95. The van der Waals surface area contributed by atoms with Gasteiger partial charge in [-0.05, 0) is 5.92 Å². The van der Waals surface area contributed by atoms with Gasteiger partial charge in [-0.1, -0.05) is 13.8 Å². The fourth-order valence-corrected chi connectivity index (χ4v) is 1.21. The second-order valence-corrected chi connectivity index (χ2v) is 3.25. The van der Waals surface area contributed by atoms with Gasteiger partial charge in [0.05, 0.1) is 6.07 Å². The molecule has 1 saturated heterocycles. The lowest BCUT2D eigenvalue weighted by atomic mass is 10.1. The minimum absolute atomic E-state index is 0.0557. The van der Waals surface area contributed by atoms with Gasteiger partial charge in [0.25, 0.3) is 5.91 Å². The van der Waals surface area contributed by atoms with Gasteiger partial charge in [-0.15, -0.1) is 0 Å². The van der Waals surface area contributed by atoms with Crippen molar-refractivity contribution >= 4 is 11.9 Å². The third-order valence-corrected chi connectivity index (χ3v) is 1.95. The zero-order valence-electron chi connectivity index (χ0n) is 7.57. The van der Waals surface area contributed by atoms with Crippen LogP contribution in [-0.2, 0) is 4.79 Å². The van der Waals surface area contributed by atoms with E-state index in [1.54, 1.807) is 6.07 Å². The van der Waals surface area contributed by atoms with Crippen LogP contribution < -0.4 is 5.32 Å². The lowest BCUT2D eigenvalue weighted by molar-refractivity contribution is -0.127. The van der Waals surface area contributed by atoms with E-state index in [9.17, 15) is 9.59 Å². The first-order chi connectivity index (χ1) is 6.07. The van der Waals surface area contributed by atoms with Crippen molar-refractivity contribution in [2.75, 3.05) is 6.54 Å². The summed E-state index contributed by atoms with van der Waals surface area (Å²) in [4.78, 5) is 23.5. The summed E-state index contributed by atoms with van der Waals surface area (Å²) in [5, 5.41) is 10.9. The molecule has 0 aliphatic carbocycles. The largest absolute Gasteiger partial charge is 0.326 e. The van der Waals surface area contributed by atoms with Crippen LogP contribution in [0.25, 0.3) is 0 Å². The molecule has 0 radical (unpaired) electrons. The van der Waals surface area contributed by atoms with Gasteiger partial charge in [-0.2, -0.15) is 5.26 Å². The van der Waals surface area contributed by atoms with Gasteiger partial charge < -0.3 is 5.32 Å². The molecule has 0 aromatic rings. The van der Waals surface area contributed by atoms with Crippen LogP contribution in [0.1, 0.15) is 13.8 Å². The summed E-state index contributed by atoms with van der Waals surface area (Å²) in [6.45, 7) is 3.52. The van der Waals surface area contributed by atoms with E-state index in [1.165, 1.54) is 0 Å². The number of hydrogen-bond acceptors (Lipinski definition) is 3. The number of nitriles is 1. The second kappa shape index (κ2) is 3.44. The first kappa shape index (κ1) is 9.52. The Morgan fingerprint density at radius 1 is 1.62 bits per heavy atom. The summed E-state index contributed by atoms with van der Waals surface area (Å²) in [5.74, 6) is -0.248. The van der Waals surface area contributed by atoms with Crippen LogP contribution in [0.15, 0.2) is 0 Å². The Hall–Kier alpha value is -1.57. The van der Waals surface area contributed by atoms with E-state index in [1.807, 2.05) is 13.8 Å². The molecule has 5 nitrogen and oxygen atoms in total. The Balaban J connectivity index is 2.77. The summed E-state index contributed by atoms with van der Waals surface area (Å²) >= 11 is 0. The summed E-state index contributed by atoms with van der Waals surface area (Å²) < 4.78 is 0. The third kappa shape index (κ3) is 1.61. The van der Waals surface area contributed by atoms with Crippen molar-refractivity contribution in [2.24, 2.45) is 5.92 Å². The normalized spacial score (nSPS) is 22.0. The van der Waals surface area contributed by atoms with Crippen molar-refractivity contribution in [3.8, 4) is 6.07 Å². The van der Waals surface area contributed by atoms with Crippen molar-refractivity contribution in [3.63, 3.8) is 0 Å². The van der Waals surface area contributed by atoms with Gasteiger partial charge in [-0.25, -0.2) is 9.69 Å². The highest BCUT2D eigenvalue weighted by Gasteiger charge is 2.39. The van der Waals surface area contributed by atoms with Gasteiger partial charge in [-0.3, -0.25) is 4.79 Å². The Morgan fingerprint density at radius 2 is 2.23 bits per heavy atom. The van der Waals surface area contributed by atoms with Gasteiger partial charge in [0.1, 0.15) is 12.6 Å². The zero-order valence-corrected chi connectivity index (χ0v) is 7.57. The first-order valence-electron chi connectivity index (χ1n) is 4.06. The molecule has 1 aliphatic rings. The van der Waals surface area contributed by atoms with Crippen molar-refractivity contribution in [1.82, 2.24) is 10.2 Å². The molecule has 0 spiro atoms. The van der Waals surface area contributed by atoms with E-state index in [-0.39, 0.29) is 18.4 Å². The highest BCUT2D eigenvalue weighted by atomic mass is 16.2. The van der Waals surface area contributed by atoms with Crippen LogP contribution in [0.5, 0.6) is 0 Å². The van der Waals surface area contributed by atoms with Crippen LogP contribution in [-0.4, -0.2) is 29.4 Å². The molecule has 1 N–H and O–H groups in total. The molecule has 3 amide bonds. The van der Waals surface area contributed by atoms with Crippen molar-refractivity contribution in [2.45, 2.75) is 19.9 Å². The van der Waals surface area contributed by atoms with Gasteiger partial charge in [0.15, 0.2) is 0 Å². The highest BCUT2D eigenvalue weighted by molar-refractivity contribution is 6.04. The number of carbonyl (C=O) groups is 2. The second-order valence-electron chi connectivity index (χ2n) is 3.25. The van der Waals surface area contributed by atoms with Gasteiger partial charge in [0.2, 0.25) is 0 Å². The molecule has 5 heteroatoms. The van der Waals surface area contributed by atoms with Crippen LogP contribution >= 0.6 is 0 Å². The van der Waals surface area contributed by atoms with Crippen LogP contribution in [0.3, 0.4) is 0 Å². The van der Waals surface area contributed by atoms with E-state index in [0.29, 0.717) is 0 Å². The molecule has 13 heavy (non-hydrogen) atoms. The van der Waals surface area contributed by atoms with Gasteiger partial charge >= 0.3 is 6.03 Å². The minimum Gasteiger partial charge on any atom is -0.326 e. The van der Waals surface area contributed by atoms with Crippen molar-refractivity contribution < 1.29 is 9.59 Å². The molecule has 0 aromatic heterocycles. The predicted octanol–water partition coefficient (Wildman–Crippen LogP) is 0.0864. The number of hydrogen-bond donors (Lipinski definition) is 1. The average molecular weight is 181 g/mol. The van der Waals surface area contributed by atoms with Crippen LogP contribution in [0, 0.1) is 17.2 Å². The molecule has 0 saturated carbocycles. The Morgan fingerprint density at radius 3 is 2.62 bits per heavy atom. The van der Waals surface area contributed by atoms with Crippen molar-refractivity contribution in [3.05, 3.63) is 0 Å². The van der Waals surface area contributed by atoms with E-state index in [2.05, 4.69) is 5.32 Å². The number of carbonyl (C=O) groups excluding carboxylic acids is 2. The van der Waals surface area contributed by atoms with Gasteiger partial charge in [0, 0.05) is 0 Å². The average Bonchev–Trinajstić information content (AvgIpc) is 2.32. The number of urea groups is 1. The standard InChI is InChI=1S/C8H11N3O2/c1-5(2)6-7(12)11(4-3-9)8(13)10-6/h5-6H,4H2,1-2H3,(H,10,13). The molecule has 1 aliphatic heterocycles. The van der Waals surface area contributed by atoms with E-state index >= 15 is 0 Å². The fraction of sp³-hybridized carbons (Fsp3) is 0.625. The maximum atomic E-state index is 11.4. The lowest BCUT2D eigenvalue weighted by Crippen LogP contribution is -2.34. The number of amides is 3. The zero-order chi connectivity index (χ0) is 10.0. The maximum absolute atomic E-state index is 11.4. The molecule has 1 unspecified atom stereocenters. The number of imide groups is 1. The molecule has 0 aromatic carbocycles. The minimum atomic E-state index is -0.471. The SMILES string of the molecule is CC(C)C1NC(=O)N(CC#N)C1=O. The Kier molecular flexibility index (Phi) is 2.52. The van der Waals surface area contributed by atoms with Crippen LogP contribution in [0.4, 0.5) is 4.79 Å². The van der Waals surface area contributed by atoms with Crippen molar-refractivity contribution in [1.29, 1.82) is 5.26 Å². The summed E-state index contributed by atoms with van der Waals surface area (Å²) in [6, 6.07) is 0.835. The molecular weight excluding hydrogens is 170 g/mol. The Labute approximate surface area is 76.3 Å². The molecule has 0 bridgehead atoms. The summed E-state index contributed by atoms with van der Waals surface area (Å²) in [6.07, 6.45) is 0. The summed E-state index contributed by atoms with van der Waals surface area (Å²) in [5.41, 5.74) is 0. The lowest BCUT2D eigenvalue weighted by Gasteiger charge is -2.11. The maximum Gasteiger partial charge on any atom is 0.325 e. The number of nitrogens with one attached hydrogen (secondary N) is 1. The van der Waals surface area contributed by atoms with Crippen LogP contribution in [0.2, 0.25) is 0 Å². The highest BCUT2D eigenvalue weighted by Crippen LogP contribution is 2.12. The molecule has 1 rings (SSSR count). The van der Waals surface area contributed by atoms with E-state index in [4.69, 9.17) is 5.26 Å². The fourth-order valence-electron chi connectivity index (χ4n) is 1.21. The van der Waals surface area contributed by atoms with E-state index < -0.39 is 12.1 Å². The monoisotopic (exact) mass is 181 g/mol. The Bertz CT molecular complexity index is 280. The number of nitrogens with zero attached hydrogens (tertiary/aromatic N) is 2.